The van der Waals surface area contributed by atoms with Crippen LogP contribution in [0.25, 0.3) is 0 Å². The molecule has 0 heterocycles. The molecule has 3 heteroatoms. The van der Waals surface area contributed by atoms with Crippen LogP contribution in [0.4, 0.5) is 4.39 Å². The van der Waals surface area contributed by atoms with E-state index < -0.39 is 0 Å². The van der Waals surface area contributed by atoms with Crippen molar-refractivity contribution >= 4 is 0 Å². The zero-order valence-electron chi connectivity index (χ0n) is 10.2. The third-order valence-corrected chi connectivity index (χ3v) is 3.37. The zero-order valence-corrected chi connectivity index (χ0v) is 10.2. The van der Waals surface area contributed by atoms with E-state index in [1.54, 1.807) is 6.07 Å². The standard InChI is InChI=1S/C14H19FO2/c1-10-3-2-4-13(7-10)17-14-6-5-12(15)8-11(14)9-16/h5-6,8,10,13,16H,2-4,7,9H2,1H3. The van der Waals surface area contributed by atoms with E-state index in [-0.39, 0.29) is 18.5 Å². The van der Waals surface area contributed by atoms with Gasteiger partial charge in [0.25, 0.3) is 0 Å². The minimum absolute atomic E-state index is 0.185. The molecule has 2 unspecified atom stereocenters. The third kappa shape index (κ3) is 3.19. The SMILES string of the molecule is CC1CCCC(Oc2ccc(F)cc2CO)C1. The smallest absolute Gasteiger partial charge is 0.125 e. The Bertz CT molecular complexity index is 378. The fourth-order valence-electron chi connectivity index (χ4n) is 2.45. The molecule has 0 amide bonds. The Balaban J connectivity index is 2.07. The quantitative estimate of drug-likeness (QED) is 0.875. The van der Waals surface area contributed by atoms with Gasteiger partial charge < -0.3 is 9.84 Å². The van der Waals surface area contributed by atoms with Gasteiger partial charge in [-0.05, 0) is 43.4 Å². The number of rotatable bonds is 3. The highest BCUT2D eigenvalue weighted by Crippen LogP contribution is 2.29. The van der Waals surface area contributed by atoms with Crippen LogP contribution in [-0.4, -0.2) is 11.2 Å². The van der Waals surface area contributed by atoms with E-state index in [1.165, 1.54) is 25.0 Å². The van der Waals surface area contributed by atoms with Gasteiger partial charge in [-0.3, -0.25) is 0 Å². The van der Waals surface area contributed by atoms with Crippen molar-refractivity contribution in [2.24, 2.45) is 5.92 Å². The number of halogens is 1. The van der Waals surface area contributed by atoms with Crippen LogP contribution in [0.1, 0.15) is 38.2 Å². The molecule has 0 radical (unpaired) electrons. The average molecular weight is 238 g/mol. The maximum absolute atomic E-state index is 13.0. The van der Waals surface area contributed by atoms with Crippen molar-refractivity contribution in [3.8, 4) is 5.75 Å². The molecule has 1 N–H and O–H groups in total. The van der Waals surface area contributed by atoms with Gasteiger partial charge in [-0.25, -0.2) is 4.39 Å². The van der Waals surface area contributed by atoms with Crippen LogP contribution in [0.2, 0.25) is 0 Å². The first-order valence-electron chi connectivity index (χ1n) is 6.25. The van der Waals surface area contributed by atoms with Crippen LogP contribution in [0, 0.1) is 11.7 Å². The topological polar surface area (TPSA) is 29.5 Å². The maximum Gasteiger partial charge on any atom is 0.125 e. The third-order valence-electron chi connectivity index (χ3n) is 3.37. The molecule has 1 aromatic carbocycles. The minimum Gasteiger partial charge on any atom is -0.490 e. The lowest BCUT2D eigenvalue weighted by Crippen LogP contribution is -2.24. The summed E-state index contributed by atoms with van der Waals surface area (Å²) >= 11 is 0. The van der Waals surface area contributed by atoms with Crippen molar-refractivity contribution in [1.29, 1.82) is 0 Å². The molecule has 17 heavy (non-hydrogen) atoms. The first-order valence-corrected chi connectivity index (χ1v) is 6.25. The van der Waals surface area contributed by atoms with Gasteiger partial charge in [0.05, 0.1) is 12.7 Å². The minimum atomic E-state index is -0.335. The second kappa shape index (κ2) is 5.50. The molecule has 0 aromatic heterocycles. The lowest BCUT2D eigenvalue weighted by molar-refractivity contribution is 0.125. The highest BCUT2D eigenvalue weighted by molar-refractivity contribution is 5.33. The molecule has 0 bridgehead atoms. The summed E-state index contributed by atoms with van der Waals surface area (Å²) in [6, 6.07) is 4.32. The molecule has 0 spiro atoms. The fraction of sp³-hybridized carbons (Fsp3) is 0.571. The Morgan fingerprint density at radius 2 is 2.24 bits per heavy atom. The van der Waals surface area contributed by atoms with Crippen molar-refractivity contribution < 1.29 is 14.2 Å². The van der Waals surface area contributed by atoms with Crippen molar-refractivity contribution in [1.82, 2.24) is 0 Å². The van der Waals surface area contributed by atoms with Crippen LogP contribution in [0.15, 0.2) is 18.2 Å². The van der Waals surface area contributed by atoms with Crippen LogP contribution in [-0.2, 0) is 6.61 Å². The summed E-state index contributed by atoms with van der Waals surface area (Å²) in [6.45, 7) is 2.04. The Labute approximate surface area is 101 Å². The van der Waals surface area contributed by atoms with E-state index in [1.807, 2.05) is 0 Å². The number of hydrogen-bond acceptors (Lipinski definition) is 2. The number of ether oxygens (including phenoxy) is 1. The van der Waals surface area contributed by atoms with Crippen molar-refractivity contribution in [2.45, 2.75) is 45.3 Å². The zero-order chi connectivity index (χ0) is 12.3. The molecule has 1 fully saturated rings. The molecule has 0 aliphatic heterocycles. The van der Waals surface area contributed by atoms with E-state index in [9.17, 15) is 9.50 Å². The highest BCUT2D eigenvalue weighted by atomic mass is 19.1. The molecular weight excluding hydrogens is 219 g/mol. The Hall–Kier alpha value is -1.09. The Kier molecular flexibility index (Phi) is 4.00. The lowest BCUT2D eigenvalue weighted by Gasteiger charge is -2.28. The Morgan fingerprint density at radius 3 is 2.94 bits per heavy atom. The number of aliphatic hydroxyl groups excluding tert-OH is 1. The summed E-state index contributed by atoms with van der Waals surface area (Å²) in [6.07, 6.45) is 4.74. The normalized spacial score (nSPS) is 24.6. The second-order valence-corrected chi connectivity index (χ2v) is 4.92. The van der Waals surface area contributed by atoms with Gasteiger partial charge in [0.2, 0.25) is 0 Å². The van der Waals surface area contributed by atoms with Crippen molar-refractivity contribution in [2.75, 3.05) is 0 Å². The van der Waals surface area contributed by atoms with Crippen LogP contribution >= 0.6 is 0 Å². The predicted octanol–water partition coefficient (Wildman–Crippen LogP) is 3.28. The molecule has 2 atom stereocenters. The molecule has 2 rings (SSSR count). The van der Waals surface area contributed by atoms with Gasteiger partial charge in [-0.1, -0.05) is 13.3 Å². The largest absolute Gasteiger partial charge is 0.490 e. The highest BCUT2D eigenvalue weighted by Gasteiger charge is 2.21. The van der Waals surface area contributed by atoms with E-state index in [0.29, 0.717) is 17.2 Å². The van der Waals surface area contributed by atoms with E-state index in [2.05, 4.69) is 6.92 Å². The van der Waals surface area contributed by atoms with Crippen molar-refractivity contribution in [3.05, 3.63) is 29.6 Å². The van der Waals surface area contributed by atoms with Gasteiger partial charge in [-0.15, -0.1) is 0 Å². The summed E-state index contributed by atoms with van der Waals surface area (Å²) < 4.78 is 18.9. The van der Waals surface area contributed by atoms with Gasteiger partial charge in [0.15, 0.2) is 0 Å². The van der Waals surface area contributed by atoms with Gasteiger partial charge in [-0.2, -0.15) is 0 Å². The van der Waals surface area contributed by atoms with Gasteiger partial charge >= 0.3 is 0 Å². The van der Waals surface area contributed by atoms with Crippen molar-refractivity contribution in [3.63, 3.8) is 0 Å². The molecule has 2 nitrogen and oxygen atoms in total. The van der Waals surface area contributed by atoms with E-state index in [4.69, 9.17) is 4.74 Å². The Morgan fingerprint density at radius 1 is 1.41 bits per heavy atom. The van der Waals surface area contributed by atoms with Crippen LogP contribution < -0.4 is 4.74 Å². The maximum atomic E-state index is 13.0. The van der Waals surface area contributed by atoms with E-state index >= 15 is 0 Å². The molecule has 1 aliphatic rings. The average Bonchev–Trinajstić information content (AvgIpc) is 2.31. The van der Waals surface area contributed by atoms with E-state index in [0.717, 1.165) is 12.8 Å². The molecule has 1 saturated carbocycles. The molecule has 94 valence electrons. The summed E-state index contributed by atoms with van der Waals surface area (Å²) in [7, 11) is 0. The molecule has 1 aromatic rings. The number of benzene rings is 1. The first kappa shape index (κ1) is 12.4. The number of aliphatic hydroxyl groups is 1. The summed E-state index contributed by atoms with van der Waals surface area (Å²) in [5.74, 6) is 0.971. The van der Waals surface area contributed by atoms with Gasteiger partial charge in [0, 0.05) is 5.56 Å². The molecule has 1 aliphatic carbocycles. The summed E-state index contributed by atoms with van der Waals surface area (Å²) in [5.41, 5.74) is 0.531. The van der Waals surface area contributed by atoms with Gasteiger partial charge in [0.1, 0.15) is 11.6 Å². The summed E-state index contributed by atoms with van der Waals surface area (Å²) in [5, 5.41) is 9.18. The molecular formula is C14H19FO2. The van der Waals surface area contributed by atoms with Crippen LogP contribution in [0.3, 0.4) is 0 Å². The molecule has 0 saturated heterocycles. The summed E-state index contributed by atoms with van der Waals surface area (Å²) in [4.78, 5) is 0. The monoisotopic (exact) mass is 238 g/mol. The first-order chi connectivity index (χ1) is 8.19. The predicted molar refractivity (Wildman–Crippen MR) is 64.4 cm³/mol. The lowest BCUT2D eigenvalue weighted by atomic mass is 9.88. The fourth-order valence-corrected chi connectivity index (χ4v) is 2.45. The second-order valence-electron chi connectivity index (χ2n) is 4.92. The number of hydrogen-bond donors (Lipinski definition) is 1. The van der Waals surface area contributed by atoms with Crippen LogP contribution in [0.5, 0.6) is 5.75 Å².